The predicted molar refractivity (Wildman–Crippen MR) is 137 cm³/mol. The zero-order chi connectivity index (χ0) is 26.4. The van der Waals surface area contributed by atoms with Gasteiger partial charge in [-0.3, -0.25) is 0 Å². The van der Waals surface area contributed by atoms with Crippen molar-refractivity contribution >= 4 is 30.1 Å². The summed E-state index contributed by atoms with van der Waals surface area (Å²) < 4.78 is 83.4. The molecule has 0 aliphatic carbocycles. The van der Waals surface area contributed by atoms with Gasteiger partial charge in [0.15, 0.2) is 0 Å². The molecule has 0 spiro atoms. The molecule has 0 N–H and O–H groups in total. The summed E-state index contributed by atoms with van der Waals surface area (Å²) in [4.78, 5) is -0.0624. The Hall–Kier alpha value is -2.61. The molecule has 0 atom stereocenters. The fourth-order valence-electron chi connectivity index (χ4n) is 3.47. The maximum Gasteiger partial charge on any atom is 0.245 e. The maximum absolute atomic E-state index is 13.6. The standard InChI is InChI=1S/C24H29N3O6S3/c1-3-25(34(28,29)22-14-8-5-9-15-22)20-27(36(32,33)24-18-12-7-13-19-24)21-26(4-2)35(30,31)23-16-10-6-11-17-23/h5-19H,3-4,20-21H2,1-2H3. The van der Waals surface area contributed by atoms with E-state index in [1.54, 1.807) is 68.4 Å². The topological polar surface area (TPSA) is 112 Å². The van der Waals surface area contributed by atoms with E-state index in [4.69, 9.17) is 0 Å². The summed E-state index contributed by atoms with van der Waals surface area (Å²) in [5, 5.41) is 0. The highest BCUT2D eigenvalue weighted by molar-refractivity contribution is 7.90. The van der Waals surface area contributed by atoms with Crippen molar-refractivity contribution in [1.29, 1.82) is 0 Å². The Morgan fingerprint density at radius 1 is 0.444 bits per heavy atom. The van der Waals surface area contributed by atoms with Crippen LogP contribution in [0.2, 0.25) is 0 Å². The minimum absolute atomic E-state index is 0.00756. The molecule has 0 bridgehead atoms. The van der Waals surface area contributed by atoms with Crippen LogP contribution in [-0.2, 0) is 30.1 Å². The first-order valence-corrected chi connectivity index (χ1v) is 15.5. The number of sulfonamides is 3. The first-order valence-electron chi connectivity index (χ1n) is 11.2. The van der Waals surface area contributed by atoms with Gasteiger partial charge >= 0.3 is 0 Å². The molecule has 0 unspecified atom stereocenters. The third kappa shape index (κ3) is 6.02. The van der Waals surface area contributed by atoms with Crippen molar-refractivity contribution < 1.29 is 25.3 Å². The molecule has 3 aromatic carbocycles. The lowest BCUT2D eigenvalue weighted by Gasteiger charge is -2.32. The second-order valence-corrected chi connectivity index (χ2v) is 13.5. The van der Waals surface area contributed by atoms with E-state index in [0.717, 1.165) is 12.9 Å². The summed E-state index contributed by atoms with van der Waals surface area (Å²) in [5.41, 5.74) is 0. The van der Waals surface area contributed by atoms with Crippen LogP contribution in [0.5, 0.6) is 0 Å². The molecule has 0 amide bonds. The molecule has 0 saturated carbocycles. The van der Waals surface area contributed by atoms with Crippen LogP contribution in [0, 0.1) is 0 Å². The van der Waals surface area contributed by atoms with Crippen LogP contribution in [0.15, 0.2) is 106 Å². The van der Waals surface area contributed by atoms with E-state index < -0.39 is 43.4 Å². The Labute approximate surface area is 213 Å². The highest BCUT2D eigenvalue weighted by Crippen LogP contribution is 2.23. The van der Waals surface area contributed by atoms with Crippen molar-refractivity contribution in [3.05, 3.63) is 91.0 Å². The molecule has 3 aromatic rings. The third-order valence-corrected chi connectivity index (χ3v) is 11.1. The summed E-state index contributed by atoms with van der Waals surface area (Å²) >= 11 is 0. The van der Waals surface area contributed by atoms with E-state index in [1.807, 2.05) is 0 Å². The van der Waals surface area contributed by atoms with Crippen molar-refractivity contribution in [2.24, 2.45) is 0 Å². The largest absolute Gasteiger partial charge is 0.245 e. The van der Waals surface area contributed by atoms with Crippen molar-refractivity contribution in [2.45, 2.75) is 28.5 Å². The minimum atomic E-state index is -4.28. The summed E-state index contributed by atoms with van der Waals surface area (Å²) in [6, 6.07) is 22.8. The van der Waals surface area contributed by atoms with Gasteiger partial charge in [-0.25, -0.2) is 25.3 Å². The molecule has 0 aliphatic rings. The first kappa shape index (κ1) is 28.0. The van der Waals surface area contributed by atoms with Gasteiger partial charge < -0.3 is 0 Å². The van der Waals surface area contributed by atoms with E-state index in [2.05, 4.69) is 0 Å². The van der Waals surface area contributed by atoms with Gasteiger partial charge in [0, 0.05) is 13.1 Å². The fourth-order valence-corrected chi connectivity index (χ4v) is 7.85. The van der Waals surface area contributed by atoms with E-state index in [9.17, 15) is 25.3 Å². The molecule has 0 fully saturated rings. The minimum Gasteiger partial charge on any atom is -0.207 e. The third-order valence-electron chi connectivity index (χ3n) is 5.48. The van der Waals surface area contributed by atoms with Gasteiger partial charge in [0.1, 0.15) is 0 Å². The quantitative estimate of drug-likeness (QED) is 0.320. The average Bonchev–Trinajstić information content (AvgIpc) is 2.90. The Morgan fingerprint density at radius 3 is 0.944 bits per heavy atom. The van der Waals surface area contributed by atoms with Gasteiger partial charge in [0.05, 0.1) is 28.0 Å². The van der Waals surface area contributed by atoms with Crippen LogP contribution < -0.4 is 0 Å². The van der Waals surface area contributed by atoms with Crippen LogP contribution in [0.3, 0.4) is 0 Å². The van der Waals surface area contributed by atoms with E-state index in [0.29, 0.717) is 0 Å². The summed E-state index contributed by atoms with van der Waals surface area (Å²) in [7, 11) is -12.4. The zero-order valence-electron chi connectivity index (χ0n) is 20.0. The molecule has 36 heavy (non-hydrogen) atoms. The normalized spacial score (nSPS) is 12.9. The summed E-state index contributed by atoms with van der Waals surface area (Å²) in [6.07, 6.45) is 0. The SMILES string of the molecule is CCN(CN(CN(CC)S(=O)(=O)c1ccccc1)S(=O)(=O)c1ccccc1)S(=O)(=O)c1ccccc1. The lowest BCUT2D eigenvalue weighted by atomic mass is 10.4. The second-order valence-electron chi connectivity index (χ2n) is 7.73. The molecule has 0 aliphatic heterocycles. The van der Waals surface area contributed by atoms with E-state index >= 15 is 0 Å². The van der Waals surface area contributed by atoms with Gasteiger partial charge in [-0.2, -0.15) is 12.9 Å². The van der Waals surface area contributed by atoms with Crippen LogP contribution in [0.4, 0.5) is 0 Å². The number of nitrogens with zero attached hydrogens (tertiary/aromatic N) is 3. The van der Waals surface area contributed by atoms with Crippen molar-refractivity contribution in [3.63, 3.8) is 0 Å². The van der Waals surface area contributed by atoms with Crippen LogP contribution in [0.1, 0.15) is 13.8 Å². The first-order chi connectivity index (χ1) is 17.0. The zero-order valence-corrected chi connectivity index (χ0v) is 22.5. The number of hydrogen-bond donors (Lipinski definition) is 0. The molecule has 9 nitrogen and oxygen atoms in total. The van der Waals surface area contributed by atoms with E-state index in [-0.39, 0.29) is 27.8 Å². The Bertz CT molecular complexity index is 1370. The average molecular weight is 552 g/mol. The lowest BCUT2D eigenvalue weighted by Crippen LogP contribution is -2.49. The van der Waals surface area contributed by atoms with Crippen LogP contribution >= 0.6 is 0 Å². The van der Waals surface area contributed by atoms with Crippen LogP contribution in [0.25, 0.3) is 0 Å². The number of rotatable bonds is 12. The molecule has 194 valence electrons. The highest BCUT2D eigenvalue weighted by Gasteiger charge is 2.35. The van der Waals surface area contributed by atoms with Crippen LogP contribution in [-0.4, -0.2) is 64.6 Å². The molecule has 0 heterocycles. The molecular weight excluding hydrogens is 522 g/mol. The highest BCUT2D eigenvalue weighted by atomic mass is 32.2. The second kappa shape index (κ2) is 11.6. The number of hydrogen-bond acceptors (Lipinski definition) is 6. The van der Waals surface area contributed by atoms with Gasteiger partial charge in [0.2, 0.25) is 30.1 Å². The number of benzene rings is 3. The van der Waals surface area contributed by atoms with Gasteiger partial charge in [0.25, 0.3) is 0 Å². The summed E-state index contributed by atoms with van der Waals surface area (Å²) in [5.74, 6) is 0. The molecule has 0 aromatic heterocycles. The van der Waals surface area contributed by atoms with Crippen molar-refractivity contribution in [1.82, 2.24) is 12.9 Å². The Kier molecular flexibility index (Phi) is 9.03. The lowest BCUT2D eigenvalue weighted by molar-refractivity contribution is 0.234. The van der Waals surface area contributed by atoms with Gasteiger partial charge in [-0.1, -0.05) is 68.4 Å². The van der Waals surface area contributed by atoms with Crippen molar-refractivity contribution in [3.8, 4) is 0 Å². The molecule has 0 radical (unpaired) electrons. The van der Waals surface area contributed by atoms with E-state index in [1.165, 1.54) is 36.4 Å². The molecule has 0 saturated heterocycles. The molecular formula is C24H29N3O6S3. The maximum atomic E-state index is 13.6. The van der Waals surface area contributed by atoms with Gasteiger partial charge in [-0.15, -0.1) is 0 Å². The molecule has 12 heteroatoms. The Morgan fingerprint density at radius 2 is 0.694 bits per heavy atom. The van der Waals surface area contributed by atoms with Gasteiger partial charge in [-0.05, 0) is 36.4 Å². The van der Waals surface area contributed by atoms with Crippen molar-refractivity contribution in [2.75, 3.05) is 26.4 Å². The Balaban J connectivity index is 2.05. The predicted octanol–water partition coefficient (Wildman–Crippen LogP) is 3.01. The monoisotopic (exact) mass is 551 g/mol. The smallest absolute Gasteiger partial charge is 0.207 e. The molecule has 3 rings (SSSR count). The summed E-state index contributed by atoms with van der Waals surface area (Å²) in [6.45, 7) is 1.96. The fraction of sp³-hybridized carbons (Fsp3) is 0.250.